The van der Waals surface area contributed by atoms with Crippen molar-refractivity contribution in [3.05, 3.63) is 12.2 Å². The third kappa shape index (κ3) is 1.73. The number of hydrogen-bond acceptors (Lipinski definition) is 1. The highest BCUT2D eigenvalue weighted by Crippen LogP contribution is 2.71. The van der Waals surface area contributed by atoms with Gasteiger partial charge in [-0.05, 0) is 78.9 Å². The van der Waals surface area contributed by atoms with Crippen LogP contribution in [0.1, 0.15) is 72.1 Å². The minimum atomic E-state index is -0.0915. The summed E-state index contributed by atoms with van der Waals surface area (Å²) in [5, 5.41) is 11.1. The Kier molecular flexibility index (Phi) is 2.83. The van der Waals surface area contributed by atoms with Crippen LogP contribution in [0.4, 0.5) is 0 Å². The van der Waals surface area contributed by atoms with Crippen molar-refractivity contribution in [2.45, 2.75) is 78.2 Å². The quantitative estimate of drug-likeness (QED) is 0.626. The summed E-state index contributed by atoms with van der Waals surface area (Å²) in [6.07, 6.45) is 10.2. The maximum absolute atomic E-state index is 11.1. The molecule has 4 fully saturated rings. The summed E-state index contributed by atoms with van der Waals surface area (Å²) in [5.74, 6) is 2.10. The van der Waals surface area contributed by atoms with Gasteiger partial charge in [0.15, 0.2) is 0 Å². The van der Waals surface area contributed by atoms with Crippen LogP contribution in [0, 0.1) is 34.0 Å². The second kappa shape index (κ2) is 4.16. The number of allylic oxidation sites excluding steroid dienone is 1. The van der Waals surface area contributed by atoms with Crippen LogP contribution in [0.25, 0.3) is 0 Å². The van der Waals surface area contributed by atoms with Crippen molar-refractivity contribution in [2.24, 2.45) is 34.0 Å². The standard InChI is InChI=1S/C20H32O/c1-13-10-20-11-14(13)6-7-16(20)19(4)9-5-8-18(2,3)17(19)15(21)12-20/h14-17,21H,1,5-12H2,2-4H3/t14-,15-,16-,17-,19-,20-/m1/s1. The van der Waals surface area contributed by atoms with Gasteiger partial charge in [0.05, 0.1) is 6.10 Å². The molecule has 0 unspecified atom stereocenters. The van der Waals surface area contributed by atoms with E-state index in [9.17, 15) is 5.11 Å². The van der Waals surface area contributed by atoms with E-state index in [-0.39, 0.29) is 6.10 Å². The molecule has 4 rings (SSSR count). The Morgan fingerprint density at radius 1 is 1.10 bits per heavy atom. The topological polar surface area (TPSA) is 20.2 Å². The normalized spacial score (nSPS) is 55.0. The van der Waals surface area contributed by atoms with Gasteiger partial charge in [-0.1, -0.05) is 39.3 Å². The molecular weight excluding hydrogens is 256 g/mol. The maximum Gasteiger partial charge on any atom is 0.0584 e. The Labute approximate surface area is 130 Å². The SMILES string of the molecule is C=C1C[C@]23C[C@H]1CC[C@@H]2[C@@]1(C)CCCC(C)(C)[C@H]1[C@H](O)C3. The van der Waals surface area contributed by atoms with Crippen molar-refractivity contribution in [2.75, 3.05) is 0 Å². The molecule has 0 amide bonds. The molecule has 0 aromatic heterocycles. The first kappa shape index (κ1) is 14.3. The monoisotopic (exact) mass is 288 g/mol. The zero-order valence-electron chi connectivity index (χ0n) is 14.1. The van der Waals surface area contributed by atoms with E-state index in [2.05, 4.69) is 27.4 Å². The third-order valence-electron chi connectivity index (χ3n) is 8.24. The van der Waals surface area contributed by atoms with Gasteiger partial charge in [-0.15, -0.1) is 0 Å². The molecule has 4 aliphatic carbocycles. The molecule has 6 atom stereocenters. The fourth-order valence-electron chi connectivity index (χ4n) is 7.89. The fraction of sp³-hybridized carbons (Fsp3) is 0.900. The molecule has 1 spiro atoms. The van der Waals surface area contributed by atoms with E-state index >= 15 is 0 Å². The van der Waals surface area contributed by atoms with E-state index in [1.54, 1.807) is 0 Å². The van der Waals surface area contributed by atoms with E-state index in [4.69, 9.17) is 0 Å². The molecular formula is C20H32O. The Morgan fingerprint density at radius 2 is 1.86 bits per heavy atom. The number of fused-ring (bicyclic) bond motifs is 3. The van der Waals surface area contributed by atoms with Gasteiger partial charge in [0.25, 0.3) is 0 Å². The lowest BCUT2D eigenvalue weighted by molar-refractivity contribution is -0.197. The molecule has 0 aromatic carbocycles. The van der Waals surface area contributed by atoms with Gasteiger partial charge < -0.3 is 5.11 Å². The second-order valence-corrected chi connectivity index (χ2v) is 9.83. The fourth-order valence-corrected chi connectivity index (χ4v) is 7.89. The van der Waals surface area contributed by atoms with Gasteiger partial charge in [-0.25, -0.2) is 0 Å². The molecule has 0 aromatic rings. The Balaban J connectivity index is 1.79. The van der Waals surface area contributed by atoms with Gasteiger partial charge in [0.2, 0.25) is 0 Å². The van der Waals surface area contributed by atoms with Crippen molar-refractivity contribution in [1.29, 1.82) is 0 Å². The molecule has 118 valence electrons. The second-order valence-electron chi connectivity index (χ2n) is 9.83. The molecule has 21 heavy (non-hydrogen) atoms. The molecule has 1 heteroatoms. The minimum Gasteiger partial charge on any atom is -0.393 e. The molecule has 0 aliphatic heterocycles. The Morgan fingerprint density at radius 3 is 2.62 bits per heavy atom. The van der Waals surface area contributed by atoms with Crippen molar-refractivity contribution >= 4 is 0 Å². The summed E-state index contributed by atoms with van der Waals surface area (Å²) in [6, 6.07) is 0. The van der Waals surface area contributed by atoms with Crippen LogP contribution in [0.3, 0.4) is 0 Å². The van der Waals surface area contributed by atoms with Crippen molar-refractivity contribution in [1.82, 2.24) is 0 Å². The Hall–Kier alpha value is -0.300. The van der Waals surface area contributed by atoms with Crippen LogP contribution >= 0.6 is 0 Å². The largest absolute Gasteiger partial charge is 0.393 e. The highest BCUT2D eigenvalue weighted by molar-refractivity contribution is 5.23. The summed E-state index contributed by atoms with van der Waals surface area (Å²) in [7, 11) is 0. The van der Waals surface area contributed by atoms with Crippen LogP contribution in [-0.4, -0.2) is 11.2 Å². The van der Waals surface area contributed by atoms with Crippen LogP contribution in [0.5, 0.6) is 0 Å². The summed E-state index contributed by atoms with van der Waals surface area (Å²) in [5.41, 5.74) is 2.56. The van der Waals surface area contributed by atoms with Gasteiger partial charge in [0, 0.05) is 0 Å². The van der Waals surface area contributed by atoms with E-state index < -0.39 is 0 Å². The van der Waals surface area contributed by atoms with Crippen molar-refractivity contribution in [3.8, 4) is 0 Å². The average molecular weight is 288 g/mol. The highest BCUT2D eigenvalue weighted by Gasteiger charge is 2.65. The lowest BCUT2D eigenvalue weighted by atomic mass is 9.40. The van der Waals surface area contributed by atoms with E-state index in [1.165, 1.54) is 50.5 Å². The van der Waals surface area contributed by atoms with Gasteiger partial charge in [-0.3, -0.25) is 0 Å². The third-order valence-corrected chi connectivity index (χ3v) is 8.24. The first-order chi connectivity index (χ1) is 9.79. The van der Waals surface area contributed by atoms with E-state index in [1.807, 2.05) is 0 Å². The molecule has 0 heterocycles. The predicted molar refractivity (Wildman–Crippen MR) is 86.9 cm³/mol. The zero-order valence-corrected chi connectivity index (χ0v) is 14.1. The number of rotatable bonds is 0. The summed E-state index contributed by atoms with van der Waals surface area (Å²) in [4.78, 5) is 0. The number of aliphatic hydroxyl groups is 1. The van der Waals surface area contributed by atoms with Crippen LogP contribution in [-0.2, 0) is 0 Å². The first-order valence-corrected chi connectivity index (χ1v) is 9.14. The first-order valence-electron chi connectivity index (χ1n) is 9.14. The smallest absolute Gasteiger partial charge is 0.0584 e. The molecule has 2 bridgehead atoms. The van der Waals surface area contributed by atoms with E-state index in [0.717, 1.165) is 18.3 Å². The summed E-state index contributed by atoms with van der Waals surface area (Å²) < 4.78 is 0. The molecule has 4 saturated carbocycles. The Bertz CT molecular complexity index is 478. The molecule has 0 saturated heterocycles. The summed E-state index contributed by atoms with van der Waals surface area (Å²) >= 11 is 0. The van der Waals surface area contributed by atoms with Crippen LogP contribution < -0.4 is 0 Å². The number of aliphatic hydroxyl groups excluding tert-OH is 1. The highest BCUT2D eigenvalue weighted by atomic mass is 16.3. The predicted octanol–water partition coefficient (Wildman–Crippen LogP) is 4.95. The van der Waals surface area contributed by atoms with Crippen molar-refractivity contribution < 1.29 is 5.11 Å². The lowest BCUT2D eigenvalue weighted by Gasteiger charge is -2.65. The van der Waals surface area contributed by atoms with Gasteiger partial charge in [0.1, 0.15) is 0 Å². The lowest BCUT2D eigenvalue weighted by Crippen LogP contribution is -2.61. The molecule has 4 aliphatic rings. The zero-order chi connectivity index (χ0) is 15.0. The van der Waals surface area contributed by atoms with E-state index in [0.29, 0.717) is 22.2 Å². The minimum absolute atomic E-state index is 0.0915. The molecule has 0 radical (unpaired) electrons. The van der Waals surface area contributed by atoms with Gasteiger partial charge in [-0.2, -0.15) is 0 Å². The average Bonchev–Trinajstić information content (AvgIpc) is 2.57. The molecule has 1 N–H and O–H groups in total. The van der Waals surface area contributed by atoms with Crippen molar-refractivity contribution in [3.63, 3.8) is 0 Å². The maximum atomic E-state index is 11.1. The summed E-state index contributed by atoms with van der Waals surface area (Å²) in [6.45, 7) is 11.7. The number of hydrogen-bond donors (Lipinski definition) is 1. The van der Waals surface area contributed by atoms with Crippen LogP contribution in [0.15, 0.2) is 12.2 Å². The molecule has 1 nitrogen and oxygen atoms in total. The van der Waals surface area contributed by atoms with Gasteiger partial charge >= 0.3 is 0 Å². The van der Waals surface area contributed by atoms with Crippen LogP contribution in [0.2, 0.25) is 0 Å².